The molecule has 0 radical (unpaired) electrons. The fourth-order valence-corrected chi connectivity index (χ4v) is 3.55. The van der Waals surface area contributed by atoms with E-state index in [1.54, 1.807) is 18.2 Å². The predicted octanol–water partition coefficient (Wildman–Crippen LogP) is 4.60. The van der Waals surface area contributed by atoms with Crippen LogP contribution in [0, 0.1) is 5.92 Å². The van der Waals surface area contributed by atoms with Crippen LogP contribution in [0.25, 0.3) is 0 Å². The lowest BCUT2D eigenvalue weighted by Crippen LogP contribution is -2.08. The molecule has 3 unspecified atom stereocenters. The minimum atomic E-state index is -4.47. The van der Waals surface area contributed by atoms with Gasteiger partial charge in [0.2, 0.25) is 0 Å². The number of carbonyl (C=O) groups is 1. The topological polar surface area (TPSA) is 65.0 Å². The summed E-state index contributed by atoms with van der Waals surface area (Å²) in [6.07, 6.45) is -3.31. The van der Waals surface area contributed by atoms with E-state index in [1.807, 2.05) is 0 Å². The van der Waals surface area contributed by atoms with Crippen molar-refractivity contribution in [3.8, 4) is 23.0 Å². The molecule has 2 aliphatic carbocycles. The summed E-state index contributed by atoms with van der Waals surface area (Å²) in [5.74, 6) is -0.394. The number of carboxylic acid groups (broad SMARTS) is 1. The van der Waals surface area contributed by atoms with E-state index in [9.17, 15) is 18.0 Å². The van der Waals surface area contributed by atoms with Gasteiger partial charge in [-0.15, -0.1) is 0 Å². The zero-order valence-corrected chi connectivity index (χ0v) is 14.4. The molecule has 1 aliphatic heterocycles. The lowest BCUT2D eigenvalue weighted by molar-refractivity contribution is -0.139. The Labute approximate surface area is 157 Å². The van der Waals surface area contributed by atoms with Gasteiger partial charge in [0.15, 0.2) is 11.5 Å². The predicted molar refractivity (Wildman–Crippen MR) is 89.9 cm³/mol. The van der Waals surface area contributed by atoms with E-state index in [1.165, 1.54) is 6.07 Å². The molecule has 2 aromatic carbocycles. The Bertz CT molecular complexity index is 967. The Morgan fingerprint density at radius 3 is 2.57 bits per heavy atom. The van der Waals surface area contributed by atoms with Gasteiger partial charge < -0.3 is 19.3 Å². The Hall–Kier alpha value is -2.90. The second-order valence-electron chi connectivity index (χ2n) is 7.25. The fourth-order valence-electron chi connectivity index (χ4n) is 3.55. The molecule has 0 spiro atoms. The SMILES string of the molecule is O=C(O)C1C2Oc3cc(Oc4ccc(C(F)(F)F)cc4OC4CC4)ccc3C21. The molecule has 146 valence electrons. The monoisotopic (exact) mass is 392 g/mol. The second kappa shape index (κ2) is 5.80. The molecule has 1 heterocycles. The first-order valence-electron chi connectivity index (χ1n) is 8.90. The molecular formula is C20H15F3O5. The highest BCUT2D eigenvalue weighted by Crippen LogP contribution is 2.59. The Balaban J connectivity index is 1.40. The number of hydrogen-bond acceptors (Lipinski definition) is 4. The van der Waals surface area contributed by atoms with Crippen LogP contribution >= 0.6 is 0 Å². The van der Waals surface area contributed by atoms with E-state index in [0.717, 1.165) is 30.5 Å². The van der Waals surface area contributed by atoms with E-state index in [2.05, 4.69) is 0 Å². The molecule has 2 aromatic rings. The van der Waals surface area contributed by atoms with Crippen LogP contribution in [0.15, 0.2) is 36.4 Å². The molecule has 8 heteroatoms. The first-order valence-corrected chi connectivity index (χ1v) is 8.90. The van der Waals surface area contributed by atoms with Gasteiger partial charge in [-0.25, -0.2) is 0 Å². The molecule has 28 heavy (non-hydrogen) atoms. The maximum Gasteiger partial charge on any atom is 0.416 e. The van der Waals surface area contributed by atoms with Crippen LogP contribution in [0.2, 0.25) is 0 Å². The summed E-state index contributed by atoms with van der Waals surface area (Å²) >= 11 is 0. The molecule has 0 saturated heterocycles. The maximum absolute atomic E-state index is 13.0. The van der Waals surface area contributed by atoms with Gasteiger partial charge in [0.25, 0.3) is 0 Å². The summed E-state index contributed by atoms with van der Waals surface area (Å²) in [6, 6.07) is 8.16. The average Bonchev–Trinajstić information content (AvgIpc) is 3.53. The Morgan fingerprint density at radius 2 is 1.89 bits per heavy atom. The zero-order chi connectivity index (χ0) is 19.6. The van der Waals surface area contributed by atoms with Gasteiger partial charge in [-0.05, 0) is 37.1 Å². The molecule has 2 saturated carbocycles. The molecule has 1 N–H and O–H groups in total. The van der Waals surface area contributed by atoms with Crippen LogP contribution in [-0.2, 0) is 11.0 Å². The molecule has 0 amide bonds. The van der Waals surface area contributed by atoms with Gasteiger partial charge in [-0.1, -0.05) is 6.07 Å². The van der Waals surface area contributed by atoms with Crippen LogP contribution in [0.5, 0.6) is 23.0 Å². The van der Waals surface area contributed by atoms with Crippen molar-refractivity contribution in [2.75, 3.05) is 0 Å². The summed E-state index contributed by atoms with van der Waals surface area (Å²) in [5.41, 5.74) is 0.0132. The van der Waals surface area contributed by atoms with Crippen molar-refractivity contribution < 1.29 is 37.3 Å². The standard InChI is InChI=1S/C20H15F3O5/c21-20(22,23)9-1-6-13(15(7-9)26-10-2-3-10)27-11-4-5-12-14(8-11)28-18-16(12)17(18)19(24)25/h1,4-8,10,16-18H,2-3H2,(H,24,25). The highest BCUT2D eigenvalue weighted by Gasteiger charge is 2.63. The number of hydrogen-bond donors (Lipinski definition) is 1. The van der Waals surface area contributed by atoms with Crippen molar-refractivity contribution in [2.45, 2.75) is 37.1 Å². The highest BCUT2D eigenvalue weighted by atomic mass is 19.4. The largest absolute Gasteiger partial charge is 0.488 e. The number of aliphatic carboxylic acids is 1. The summed E-state index contributed by atoms with van der Waals surface area (Å²) in [4.78, 5) is 11.1. The van der Waals surface area contributed by atoms with E-state index >= 15 is 0 Å². The van der Waals surface area contributed by atoms with Crippen molar-refractivity contribution in [3.63, 3.8) is 0 Å². The molecule has 3 aliphatic rings. The lowest BCUT2D eigenvalue weighted by atomic mass is 10.1. The number of benzene rings is 2. The lowest BCUT2D eigenvalue weighted by Gasteiger charge is -2.15. The van der Waals surface area contributed by atoms with E-state index < -0.39 is 23.6 Å². The first kappa shape index (κ1) is 17.2. The third kappa shape index (κ3) is 2.93. The number of rotatable bonds is 5. The van der Waals surface area contributed by atoms with Crippen LogP contribution in [0.3, 0.4) is 0 Å². The molecule has 0 bridgehead atoms. The van der Waals surface area contributed by atoms with Crippen LogP contribution in [-0.4, -0.2) is 23.3 Å². The van der Waals surface area contributed by atoms with Gasteiger partial charge >= 0.3 is 12.1 Å². The molecule has 3 atom stereocenters. The Kier molecular flexibility index (Phi) is 3.56. The smallest absolute Gasteiger partial charge is 0.416 e. The number of halogens is 3. The summed E-state index contributed by atoms with van der Waals surface area (Å²) in [5, 5.41) is 9.12. The molecule has 5 rings (SSSR count). The number of ether oxygens (including phenoxy) is 3. The fraction of sp³-hybridized carbons (Fsp3) is 0.350. The third-order valence-corrected chi connectivity index (χ3v) is 5.16. The minimum absolute atomic E-state index is 0.0486. The van der Waals surface area contributed by atoms with Crippen molar-refractivity contribution in [2.24, 2.45) is 5.92 Å². The Morgan fingerprint density at radius 1 is 1.11 bits per heavy atom. The highest BCUT2D eigenvalue weighted by molar-refractivity contribution is 5.79. The van der Waals surface area contributed by atoms with Crippen molar-refractivity contribution in [3.05, 3.63) is 47.5 Å². The van der Waals surface area contributed by atoms with Gasteiger partial charge in [0.05, 0.1) is 11.7 Å². The van der Waals surface area contributed by atoms with Crippen molar-refractivity contribution >= 4 is 5.97 Å². The number of carboxylic acids is 1. The second-order valence-corrected chi connectivity index (χ2v) is 7.25. The first-order chi connectivity index (χ1) is 13.3. The van der Waals surface area contributed by atoms with Gasteiger partial charge in [0.1, 0.15) is 23.5 Å². The third-order valence-electron chi connectivity index (χ3n) is 5.16. The molecule has 0 aromatic heterocycles. The van der Waals surface area contributed by atoms with E-state index in [-0.39, 0.29) is 29.6 Å². The van der Waals surface area contributed by atoms with Crippen molar-refractivity contribution in [1.29, 1.82) is 0 Å². The van der Waals surface area contributed by atoms with Crippen LogP contribution < -0.4 is 14.2 Å². The summed E-state index contributed by atoms with van der Waals surface area (Å²) < 4.78 is 56.0. The van der Waals surface area contributed by atoms with E-state index in [0.29, 0.717) is 11.5 Å². The number of fused-ring (bicyclic) bond motifs is 3. The summed E-state index contributed by atoms with van der Waals surface area (Å²) in [7, 11) is 0. The quantitative estimate of drug-likeness (QED) is 0.806. The van der Waals surface area contributed by atoms with Gasteiger partial charge in [-0.2, -0.15) is 13.2 Å². The van der Waals surface area contributed by atoms with Crippen molar-refractivity contribution in [1.82, 2.24) is 0 Å². The molecule has 2 fully saturated rings. The molecular weight excluding hydrogens is 377 g/mol. The minimum Gasteiger partial charge on any atom is -0.488 e. The van der Waals surface area contributed by atoms with E-state index in [4.69, 9.17) is 19.3 Å². The molecule has 5 nitrogen and oxygen atoms in total. The zero-order valence-electron chi connectivity index (χ0n) is 14.4. The van der Waals surface area contributed by atoms with Crippen LogP contribution in [0.4, 0.5) is 13.2 Å². The summed E-state index contributed by atoms with van der Waals surface area (Å²) in [6.45, 7) is 0. The average molecular weight is 392 g/mol. The van der Waals surface area contributed by atoms with Gasteiger partial charge in [-0.3, -0.25) is 4.79 Å². The number of alkyl halides is 3. The van der Waals surface area contributed by atoms with Crippen LogP contribution in [0.1, 0.15) is 29.9 Å². The maximum atomic E-state index is 13.0. The normalized spacial score (nSPS) is 24.8. The van der Waals surface area contributed by atoms with Gasteiger partial charge in [0, 0.05) is 17.5 Å².